The van der Waals surface area contributed by atoms with Gasteiger partial charge in [-0.3, -0.25) is 14.5 Å². The molecule has 1 heterocycles. The molecule has 0 aromatic heterocycles. The minimum absolute atomic E-state index is 0.0631. The normalized spacial score (nSPS) is 14.5. The molecule has 3 aromatic carbocycles. The Morgan fingerprint density at radius 3 is 2.45 bits per heavy atom. The third-order valence-electron chi connectivity index (χ3n) is 5.58. The van der Waals surface area contributed by atoms with E-state index in [1.807, 2.05) is 25.1 Å². The maximum atomic E-state index is 13.5. The van der Waals surface area contributed by atoms with Gasteiger partial charge in [-0.05, 0) is 42.1 Å². The zero-order valence-electron chi connectivity index (χ0n) is 18.1. The maximum absolute atomic E-state index is 13.5. The smallest absolute Gasteiger partial charge is 0.248 e. The van der Waals surface area contributed by atoms with Gasteiger partial charge in [-0.15, -0.1) is 0 Å². The van der Waals surface area contributed by atoms with Crippen LogP contribution in [0.1, 0.15) is 13.3 Å². The first-order valence-electron chi connectivity index (χ1n) is 10.6. The number of amides is 2. The number of sulfonamides is 1. The summed E-state index contributed by atoms with van der Waals surface area (Å²) in [4.78, 5) is 28.6. The molecule has 0 N–H and O–H groups in total. The second-order valence-electron chi connectivity index (χ2n) is 7.85. The average Bonchev–Trinajstić information content (AvgIpc) is 3.20. The van der Waals surface area contributed by atoms with Crippen molar-refractivity contribution in [3.63, 3.8) is 0 Å². The maximum Gasteiger partial charge on any atom is 0.248 e. The molecule has 172 valence electrons. The lowest BCUT2D eigenvalue weighted by atomic mass is 10.1. The predicted octanol–water partition coefficient (Wildman–Crippen LogP) is 3.73. The molecule has 0 spiro atoms. The third kappa shape index (κ3) is 4.73. The second kappa shape index (κ2) is 9.51. The lowest BCUT2D eigenvalue weighted by Gasteiger charge is -2.25. The van der Waals surface area contributed by atoms with E-state index < -0.39 is 15.9 Å². The van der Waals surface area contributed by atoms with Crippen LogP contribution in [-0.2, 0) is 19.6 Å². The van der Waals surface area contributed by atoms with Crippen LogP contribution in [0.3, 0.4) is 0 Å². The van der Waals surface area contributed by atoms with Crippen molar-refractivity contribution in [1.82, 2.24) is 9.21 Å². The minimum Gasteiger partial charge on any atom is -0.314 e. The molecule has 1 aliphatic rings. The van der Waals surface area contributed by atoms with Crippen LogP contribution in [0.15, 0.2) is 71.6 Å². The Bertz CT molecular complexity index is 1290. The molecule has 1 fully saturated rings. The van der Waals surface area contributed by atoms with E-state index in [-0.39, 0.29) is 37.1 Å². The highest BCUT2D eigenvalue weighted by molar-refractivity contribution is 7.89. The van der Waals surface area contributed by atoms with Crippen LogP contribution in [0.2, 0.25) is 5.02 Å². The van der Waals surface area contributed by atoms with Crippen molar-refractivity contribution in [1.29, 1.82) is 0 Å². The summed E-state index contributed by atoms with van der Waals surface area (Å²) in [6.45, 7) is 1.68. The van der Waals surface area contributed by atoms with Gasteiger partial charge in [0.15, 0.2) is 0 Å². The Balaban J connectivity index is 1.56. The summed E-state index contributed by atoms with van der Waals surface area (Å²) >= 11 is 5.92. The standard InChI is InChI=1S/C24H24ClN3O4S/c1-2-14-27(33(31,32)22-9-5-7-18-6-3-4-8-21(18)22)16-23(29)26-15-24(30)28(17-26)20-12-10-19(25)11-13-20/h3-13H,2,14-17H2,1H3. The first-order chi connectivity index (χ1) is 15.8. The molecule has 1 saturated heterocycles. The van der Waals surface area contributed by atoms with Crippen molar-refractivity contribution < 1.29 is 18.0 Å². The van der Waals surface area contributed by atoms with Gasteiger partial charge in [-0.1, -0.05) is 54.9 Å². The van der Waals surface area contributed by atoms with Crippen LogP contribution in [0.5, 0.6) is 0 Å². The number of benzene rings is 3. The second-order valence-corrected chi connectivity index (χ2v) is 10.2. The number of hydrogen-bond acceptors (Lipinski definition) is 4. The quantitative estimate of drug-likeness (QED) is 0.511. The van der Waals surface area contributed by atoms with Gasteiger partial charge in [0.05, 0.1) is 11.4 Å². The fourth-order valence-electron chi connectivity index (χ4n) is 3.91. The van der Waals surface area contributed by atoms with Crippen molar-refractivity contribution in [2.24, 2.45) is 0 Å². The summed E-state index contributed by atoms with van der Waals surface area (Å²) in [6, 6.07) is 19.1. The Morgan fingerprint density at radius 2 is 1.73 bits per heavy atom. The molecule has 0 bridgehead atoms. The van der Waals surface area contributed by atoms with E-state index in [9.17, 15) is 18.0 Å². The van der Waals surface area contributed by atoms with Gasteiger partial charge in [0.25, 0.3) is 0 Å². The van der Waals surface area contributed by atoms with E-state index in [0.717, 1.165) is 5.39 Å². The largest absolute Gasteiger partial charge is 0.314 e. The molecule has 0 atom stereocenters. The summed E-state index contributed by atoms with van der Waals surface area (Å²) in [5.41, 5.74) is 0.633. The number of halogens is 1. The molecule has 3 aromatic rings. The van der Waals surface area contributed by atoms with Crippen LogP contribution in [0.4, 0.5) is 5.69 Å². The molecular formula is C24H24ClN3O4S. The van der Waals surface area contributed by atoms with E-state index in [0.29, 0.717) is 22.5 Å². The van der Waals surface area contributed by atoms with Gasteiger partial charge < -0.3 is 4.90 Å². The van der Waals surface area contributed by atoms with Gasteiger partial charge >= 0.3 is 0 Å². The monoisotopic (exact) mass is 485 g/mol. The van der Waals surface area contributed by atoms with Gasteiger partial charge in [0.1, 0.15) is 13.2 Å². The molecule has 1 aliphatic heterocycles. The predicted molar refractivity (Wildman–Crippen MR) is 129 cm³/mol. The highest BCUT2D eigenvalue weighted by atomic mass is 35.5. The summed E-state index contributed by atoms with van der Waals surface area (Å²) in [6.07, 6.45) is 0.549. The minimum atomic E-state index is -3.93. The number of hydrogen-bond donors (Lipinski definition) is 0. The van der Waals surface area contributed by atoms with E-state index in [4.69, 9.17) is 11.6 Å². The number of fused-ring (bicyclic) bond motifs is 1. The van der Waals surface area contributed by atoms with Crippen LogP contribution in [0.25, 0.3) is 10.8 Å². The molecule has 9 heteroatoms. The summed E-state index contributed by atoms with van der Waals surface area (Å²) in [7, 11) is -3.93. The Labute approximate surface area is 198 Å². The SMILES string of the molecule is CCCN(CC(=O)N1CC(=O)N(c2ccc(Cl)cc2)C1)S(=O)(=O)c1cccc2ccccc12. The topological polar surface area (TPSA) is 78.0 Å². The fraction of sp³-hybridized carbons (Fsp3) is 0.250. The molecule has 7 nitrogen and oxygen atoms in total. The van der Waals surface area contributed by atoms with Gasteiger partial charge in [-0.25, -0.2) is 8.42 Å². The van der Waals surface area contributed by atoms with E-state index in [2.05, 4.69) is 0 Å². The molecule has 0 radical (unpaired) electrons. The number of carbonyl (C=O) groups is 2. The van der Waals surface area contributed by atoms with E-state index >= 15 is 0 Å². The molecule has 2 amide bonds. The number of carbonyl (C=O) groups excluding carboxylic acids is 2. The van der Waals surface area contributed by atoms with E-state index in [1.54, 1.807) is 48.5 Å². The summed E-state index contributed by atoms with van der Waals surface area (Å²) in [5, 5.41) is 1.97. The fourth-order valence-corrected chi connectivity index (χ4v) is 5.73. The van der Waals surface area contributed by atoms with Crippen molar-refractivity contribution in [3.05, 3.63) is 71.8 Å². The first-order valence-corrected chi connectivity index (χ1v) is 12.4. The summed E-state index contributed by atoms with van der Waals surface area (Å²) < 4.78 is 28.3. The molecule has 0 saturated carbocycles. The number of nitrogens with zero attached hydrogens (tertiary/aromatic N) is 3. The highest BCUT2D eigenvalue weighted by Crippen LogP contribution is 2.27. The lowest BCUT2D eigenvalue weighted by molar-refractivity contribution is -0.131. The van der Waals surface area contributed by atoms with Gasteiger partial charge in [-0.2, -0.15) is 4.31 Å². The van der Waals surface area contributed by atoms with Crippen LogP contribution < -0.4 is 4.90 Å². The van der Waals surface area contributed by atoms with Crippen molar-refractivity contribution >= 4 is 49.9 Å². The van der Waals surface area contributed by atoms with E-state index in [1.165, 1.54) is 14.1 Å². The Morgan fingerprint density at radius 1 is 1.03 bits per heavy atom. The highest BCUT2D eigenvalue weighted by Gasteiger charge is 2.35. The zero-order chi connectivity index (χ0) is 23.6. The van der Waals surface area contributed by atoms with Crippen molar-refractivity contribution in [2.45, 2.75) is 18.2 Å². The van der Waals surface area contributed by atoms with Crippen molar-refractivity contribution in [3.8, 4) is 0 Å². The molecule has 0 unspecified atom stereocenters. The van der Waals surface area contributed by atoms with Crippen LogP contribution >= 0.6 is 11.6 Å². The van der Waals surface area contributed by atoms with Gasteiger partial charge in [0, 0.05) is 22.6 Å². The van der Waals surface area contributed by atoms with Crippen molar-refractivity contribution in [2.75, 3.05) is 31.2 Å². The molecule has 33 heavy (non-hydrogen) atoms. The summed E-state index contributed by atoms with van der Waals surface area (Å²) in [5.74, 6) is -0.651. The molecular weight excluding hydrogens is 462 g/mol. The average molecular weight is 486 g/mol. The van der Waals surface area contributed by atoms with Crippen LogP contribution in [-0.4, -0.2) is 55.7 Å². The Hall–Kier alpha value is -2.94. The third-order valence-corrected chi connectivity index (χ3v) is 7.74. The molecule has 4 rings (SSSR count). The Kier molecular flexibility index (Phi) is 6.69. The van der Waals surface area contributed by atoms with Gasteiger partial charge in [0.2, 0.25) is 21.8 Å². The first kappa shape index (κ1) is 23.2. The molecule has 0 aliphatic carbocycles. The van der Waals surface area contributed by atoms with Crippen LogP contribution in [0, 0.1) is 0 Å². The number of rotatable bonds is 7. The number of anilines is 1. The zero-order valence-corrected chi connectivity index (χ0v) is 19.7. The lowest BCUT2D eigenvalue weighted by Crippen LogP contribution is -2.43.